The second-order valence-corrected chi connectivity index (χ2v) is 24.9. The van der Waals surface area contributed by atoms with Crippen LogP contribution in [-0.4, -0.2) is 210 Å². The van der Waals surface area contributed by atoms with Crippen LogP contribution in [0.5, 0.6) is 0 Å². The van der Waals surface area contributed by atoms with Gasteiger partial charge in [0.1, 0.15) is 85.5 Å². The summed E-state index contributed by atoms with van der Waals surface area (Å²) in [4.78, 5) is 15.0. The first-order chi connectivity index (χ1) is 34.7. The number of ether oxygens (including phenoxy) is 8. The monoisotopic (exact) mass is 1060 g/mol. The molecule has 422 valence electrons. The molecule has 0 unspecified atom stereocenters. The van der Waals surface area contributed by atoms with Crippen molar-refractivity contribution in [1.29, 1.82) is 0 Å². The fourth-order valence-electron chi connectivity index (χ4n) is 16.2. The number of allylic oxidation sites excluding steroid dienone is 3. The summed E-state index contributed by atoms with van der Waals surface area (Å²) in [7, 11) is 0. The first-order valence-corrected chi connectivity index (χ1v) is 26.9. The summed E-state index contributed by atoms with van der Waals surface area (Å²) < 4.78 is 47.7. The van der Waals surface area contributed by atoms with E-state index in [9.17, 15) is 61.3 Å². The Labute approximate surface area is 432 Å². The maximum Gasteiger partial charge on any atom is 0.315 e. The maximum absolute atomic E-state index is 15.0. The Hall–Kier alpha value is -1.81. The SMILES string of the molecule is C=C(C)[C@@H]1CC[C@]2(C(=O)O[C@@H]3O[C@H](CO[C@@H]4O[C@H](CO)[C@@H](O)[C@H](O)[C@H]4O)[C@@H](O)[C@H](O)[C@H]3O)CC[C@]3(C)C(=CC[C@@H]4[C@@]5(C)CC[C@H](O[C@@H]6OC[C@H](O)[C@H](O)[C@H]6O[C@@H]6O[C@@H](C)[C@H](O)[C@@H](O)[C@H]6O)C(C)(C)[C@@H]5CC[C@]43C)[C@H]12. The lowest BCUT2D eigenvalue weighted by Gasteiger charge is -2.70. The lowest BCUT2D eigenvalue weighted by Crippen LogP contribution is -2.66. The van der Waals surface area contributed by atoms with Crippen LogP contribution in [-0.2, 0) is 42.7 Å². The van der Waals surface area contributed by atoms with E-state index in [4.69, 9.17) is 37.9 Å². The summed E-state index contributed by atoms with van der Waals surface area (Å²) in [6.07, 6.45) is -20.3. The van der Waals surface area contributed by atoms with Crippen LogP contribution >= 0.6 is 0 Å². The van der Waals surface area contributed by atoms with Crippen molar-refractivity contribution in [1.82, 2.24) is 0 Å². The molecule has 21 heteroatoms. The molecule has 21 nitrogen and oxygen atoms in total. The molecule has 0 aromatic carbocycles. The second kappa shape index (κ2) is 20.7. The van der Waals surface area contributed by atoms with E-state index in [2.05, 4.69) is 47.3 Å². The third-order valence-electron chi connectivity index (χ3n) is 20.8. The van der Waals surface area contributed by atoms with Gasteiger partial charge >= 0.3 is 5.97 Å². The molecule has 4 heterocycles. The number of esters is 1. The maximum atomic E-state index is 15.0. The summed E-state index contributed by atoms with van der Waals surface area (Å²) in [5.41, 5.74) is -0.00872. The average molecular weight is 1060 g/mol. The molecule has 0 radical (unpaired) electrons. The average Bonchev–Trinajstić information content (AvgIpc) is 3.76. The van der Waals surface area contributed by atoms with E-state index in [0.717, 1.165) is 31.3 Å². The van der Waals surface area contributed by atoms with Gasteiger partial charge in [0, 0.05) is 5.92 Å². The molecule has 0 aromatic rings. The van der Waals surface area contributed by atoms with Gasteiger partial charge in [0.25, 0.3) is 0 Å². The van der Waals surface area contributed by atoms with Gasteiger partial charge in [0.05, 0.1) is 37.4 Å². The van der Waals surface area contributed by atoms with E-state index in [1.807, 2.05) is 6.92 Å². The summed E-state index contributed by atoms with van der Waals surface area (Å²) >= 11 is 0. The van der Waals surface area contributed by atoms with Gasteiger partial charge in [-0.25, -0.2) is 0 Å². The smallest absolute Gasteiger partial charge is 0.315 e. The number of aliphatic hydroxyl groups excluding tert-OH is 12. The highest BCUT2D eigenvalue weighted by atomic mass is 16.8. The van der Waals surface area contributed by atoms with Crippen LogP contribution in [0.1, 0.15) is 106 Å². The lowest BCUT2D eigenvalue weighted by molar-refractivity contribution is -0.364. The zero-order valence-corrected chi connectivity index (χ0v) is 43.7. The molecule has 9 rings (SSSR count). The quantitative estimate of drug-likeness (QED) is 0.0699. The van der Waals surface area contributed by atoms with Crippen LogP contribution in [0.4, 0.5) is 0 Å². The van der Waals surface area contributed by atoms with Crippen LogP contribution in [0.2, 0.25) is 0 Å². The molecule has 12 N–H and O–H groups in total. The largest absolute Gasteiger partial charge is 0.432 e. The minimum atomic E-state index is -1.84. The van der Waals surface area contributed by atoms with Crippen LogP contribution in [0, 0.1) is 50.7 Å². The zero-order valence-electron chi connectivity index (χ0n) is 43.7. The van der Waals surface area contributed by atoms with Gasteiger partial charge in [-0.15, -0.1) is 0 Å². The molecule has 4 aliphatic heterocycles. The molecular formula is C53H84O21. The summed E-state index contributed by atoms with van der Waals surface area (Å²) in [5.74, 6) is -0.519. The standard InChI is InChI=1S/C53H84O21/c1-22(2)24-11-16-53(48(66)74-46-42(65)39(62)36(59)28(71-46)21-68-44-40(63)38(61)35(58)27(19-54)70-44)18-17-51(7)25(32(24)53)9-10-30-50(6)14-13-31(49(4,5)29(50)12-15-52(30,51)8)72-47-43(34(57)26(55)20-67-47)73-45-41(64)37(60)33(56)23(3)69-45/h9,23-24,26-47,54-65H,1,10-21H2,2-8H3/t23-,24-,26-,27+,28+,29-,30+,31-,32-,33-,34-,35+,36+,37+,38-,39-,40+,41+,42+,43+,44+,45-,46-,47-,50-,51+,52+,53-/m0/s1. The topological polar surface area (TPSA) is 334 Å². The van der Waals surface area contributed by atoms with Gasteiger partial charge in [-0.2, -0.15) is 0 Å². The molecule has 0 aromatic heterocycles. The molecule has 28 atom stereocenters. The molecule has 0 amide bonds. The number of carbonyl (C=O) groups is 1. The first kappa shape index (κ1) is 56.9. The lowest BCUT2D eigenvalue weighted by atomic mass is 9.34. The Morgan fingerprint density at radius 3 is 1.99 bits per heavy atom. The predicted molar refractivity (Wildman–Crippen MR) is 255 cm³/mol. The van der Waals surface area contributed by atoms with Gasteiger partial charge in [0.15, 0.2) is 18.9 Å². The third-order valence-corrected chi connectivity index (χ3v) is 20.8. The normalized spacial score (nSPS) is 54.2. The second-order valence-electron chi connectivity index (χ2n) is 24.9. The molecule has 4 saturated carbocycles. The Bertz CT molecular complexity index is 2070. The van der Waals surface area contributed by atoms with E-state index in [0.29, 0.717) is 32.1 Å². The predicted octanol–water partition coefficient (Wildman–Crippen LogP) is -0.593. The van der Waals surface area contributed by atoms with E-state index in [1.165, 1.54) is 12.5 Å². The number of fused-ring (bicyclic) bond motifs is 7. The number of aliphatic hydroxyl groups is 12. The molecule has 0 spiro atoms. The Morgan fingerprint density at radius 1 is 0.676 bits per heavy atom. The molecular weight excluding hydrogens is 973 g/mol. The molecule has 9 aliphatic rings. The van der Waals surface area contributed by atoms with Gasteiger partial charge in [0.2, 0.25) is 6.29 Å². The summed E-state index contributed by atoms with van der Waals surface area (Å²) in [5, 5.41) is 127. The minimum absolute atomic E-state index is 0.0567. The summed E-state index contributed by atoms with van der Waals surface area (Å²) in [6, 6.07) is 0. The van der Waals surface area contributed by atoms with Gasteiger partial charge < -0.3 is 99.2 Å². The van der Waals surface area contributed by atoms with Crippen molar-refractivity contribution in [3.05, 3.63) is 23.8 Å². The van der Waals surface area contributed by atoms with Crippen LogP contribution in [0.25, 0.3) is 0 Å². The molecule has 0 bridgehead atoms. The number of hydrogen-bond donors (Lipinski definition) is 12. The van der Waals surface area contributed by atoms with Gasteiger partial charge in [-0.1, -0.05) is 58.4 Å². The molecule has 5 aliphatic carbocycles. The van der Waals surface area contributed by atoms with Gasteiger partial charge in [-0.05, 0) is 111 Å². The minimum Gasteiger partial charge on any atom is -0.432 e. The van der Waals surface area contributed by atoms with Crippen molar-refractivity contribution < 1.29 is 104 Å². The van der Waals surface area contributed by atoms with E-state index < -0.39 is 147 Å². The Balaban J connectivity index is 0.923. The van der Waals surface area contributed by atoms with Crippen molar-refractivity contribution in [2.45, 2.75) is 229 Å². The van der Waals surface area contributed by atoms with Crippen LogP contribution in [0.3, 0.4) is 0 Å². The van der Waals surface area contributed by atoms with Crippen LogP contribution in [0.15, 0.2) is 23.8 Å². The van der Waals surface area contributed by atoms with E-state index >= 15 is 4.79 Å². The van der Waals surface area contributed by atoms with Gasteiger partial charge in [-0.3, -0.25) is 4.79 Å². The third kappa shape index (κ3) is 9.00. The number of hydrogen-bond acceptors (Lipinski definition) is 21. The van der Waals surface area contributed by atoms with E-state index in [-0.39, 0.29) is 52.6 Å². The Kier molecular flexibility index (Phi) is 15.9. The van der Waals surface area contributed by atoms with Crippen molar-refractivity contribution in [3.63, 3.8) is 0 Å². The van der Waals surface area contributed by atoms with E-state index in [1.54, 1.807) is 0 Å². The van der Waals surface area contributed by atoms with Crippen molar-refractivity contribution in [3.8, 4) is 0 Å². The van der Waals surface area contributed by atoms with Crippen molar-refractivity contribution in [2.75, 3.05) is 19.8 Å². The molecule has 8 fully saturated rings. The zero-order chi connectivity index (χ0) is 53.9. The fraction of sp³-hybridized carbons (Fsp3) is 0.906. The van der Waals surface area contributed by atoms with Crippen molar-refractivity contribution in [2.24, 2.45) is 50.7 Å². The number of carbonyl (C=O) groups excluding carboxylic acids is 1. The highest BCUT2D eigenvalue weighted by Gasteiger charge is 2.71. The highest BCUT2D eigenvalue weighted by molar-refractivity contribution is 5.79. The van der Waals surface area contributed by atoms with Crippen molar-refractivity contribution >= 4 is 5.97 Å². The Morgan fingerprint density at radius 2 is 1.31 bits per heavy atom. The number of rotatable bonds is 11. The molecule has 4 saturated heterocycles. The first-order valence-electron chi connectivity index (χ1n) is 26.9. The highest BCUT2D eigenvalue weighted by Crippen LogP contribution is 2.76. The summed E-state index contributed by atoms with van der Waals surface area (Å²) in [6.45, 7) is 18.1. The molecule has 74 heavy (non-hydrogen) atoms. The van der Waals surface area contributed by atoms with Crippen LogP contribution < -0.4 is 0 Å². The fourth-order valence-corrected chi connectivity index (χ4v) is 16.2.